The lowest BCUT2D eigenvalue weighted by atomic mass is 10.2. The van der Waals surface area contributed by atoms with Gasteiger partial charge in [-0.2, -0.15) is 0 Å². The molecule has 2 heterocycles. The zero-order valence-corrected chi connectivity index (χ0v) is 13.4. The van der Waals surface area contributed by atoms with E-state index in [0.717, 1.165) is 23.1 Å². The molecule has 0 radical (unpaired) electrons. The van der Waals surface area contributed by atoms with E-state index in [2.05, 4.69) is 11.4 Å². The largest absolute Gasteiger partial charge is 0.496 e. The minimum absolute atomic E-state index is 0.0580. The summed E-state index contributed by atoms with van der Waals surface area (Å²) in [5, 5.41) is 5.99. The molecule has 0 spiro atoms. The van der Waals surface area contributed by atoms with Gasteiger partial charge < -0.3 is 14.6 Å². The molecule has 114 valence electrons. The fourth-order valence-corrected chi connectivity index (χ4v) is 3.28. The van der Waals surface area contributed by atoms with Gasteiger partial charge in [-0.15, -0.1) is 11.3 Å². The Morgan fingerprint density at radius 2 is 2.18 bits per heavy atom. The van der Waals surface area contributed by atoms with E-state index in [1.54, 1.807) is 18.4 Å². The highest BCUT2D eigenvalue weighted by Gasteiger charge is 2.15. The summed E-state index contributed by atoms with van der Waals surface area (Å²) < 4.78 is 7.26. The third-order valence-corrected chi connectivity index (χ3v) is 4.67. The van der Waals surface area contributed by atoms with Crippen molar-refractivity contribution in [3.63, 3.8) is 0 Å². The van der Waals surface area contributed by atoms with Gasteiger partial charge in [-0.25, -0.2) is 0 Å². The molecule has 1 amide bonds. The molecule has 1 N–H and O–H groups in total. The van der Waals surface area contributed by atoms with Gasteiger partial charge in [-0.3, -0.25) is 4.79 Å². The molecular weight excluding hydrogens is 296 g/mol. The number of nitrogens with zero attached hydrogens (tertiary/aromatic N) is 1. The van der Waals surface area contributed by atoms with Gasteiger partial charge in [0.25, 0.3) is 5.91 Å². The molecule has 0 saturated heterocycles. The van der Waals surface area contributed by atoms with Gasteiger partial charge in [-0.1, -0.05) is 12.1 Å². The van der Waals surface area contributed by atoms with E-state index in [1.807, 2.05) is 47.3 Å². The number of carbonyl (C=O) groups excluding carboxylic acids is 1. The topological polar surface area (TPSA) is 43.3 Å². The van der Waals surface area contributed by atoms with E-state index >= 15 is 0 Å². The number of rotatable bonds is 5. The first-order valence-electron chi connectivity index (χ1n) is 7.13. The molecule has 0 atom stereocenters. The molecule has 0 aliphatic carbocycles. The highest BCUT2D eigenvalue weighted by Crippen LogP contribution is 2.27. The SMILES string of the molecule is COc1cccc2c1cc(C(=O)NCCc1cccs1)n2C. The van der Waals surface area contributed by atoms with Crippen LogP contribution in [-0.2, 0) is 13.5 Å². The van der Waals surface area contributed by atoms with Gasteiger partial charge in [-0.05, 0) is 36.1 Å². The number of nitrogens with one attached hydrogen (secondary N) is 1. The molecule has 3 rings (SSSR count). The second kappa shape index (κ2) is 6.23. The van der Waals surface area contributed by atoms with Gasteiger partial charge in [0, 0.05) is 23.9 Å². The Bertz CT molecular complexity index is 790. The lowest BCUT2D eigenvalue weighted by molar-refractivity contribution is 0.0946. The molecule has 4 nitrogen and oxygen atoms in total. The number of amides is 1. The molecule has 5 heteroatoms. The lowest BCUT2D eigenvalue weighted by Crippen LogP contribution is -2.27. The van der Waals surface area contributed by atoms with Crippen LogP contribution in [0.1, 0.15) is 15.4 Å². The Labute approximate surface area is 133 Å². The predicted octanol–water partition coefficient (Wildman–Crippen LogP) is 3.22. The summed E-state index contributed by atoms with van der Waals surface area (Å²) in [6, 6.07) is 11.8. The standard InChI is InChI=1S/C17H18N2O2S/c1-19-14-6-3-7-16(21-2)13(14)11-15(19)17(20)18-9-8-12-5-4-10-22-12/h3-7,10-11H,8-9H2,1-2H3,(H,18,20). The van der Waals surface area contributed by atoms with Crippen molar-refractivity contribution in [1.82, 2.24) is 9.88 Å². The van der Waals surface area contributed by atoms with Crippen molar-refractivity contribution in [2.24, 2.45) is 7.05 Å². The van der Waals surface area contributed by atoms with Crippen LogP contribution in [-0.4, -0.2) is 24.1 Å². The second-order valence-corrected chi connectivity index (χ2v) is 6.10. The number of ether oxygens (including phenoxy) is 1. The lowest BCUT2D eigenvalue weighted by Gasteiger charge is -2.06. The molecule has 1 aromatic carbocycles. The Kier molecular flexibility index (Phi) is 4.15. The number of aryl methyl sites for hydroxylation is 1. The van der Waals surface area contributed by atoms with E-state index in [0.29, 0.717) is 12.2 Å². The maximum atomic E-state index is 12.4. The molecule has 3 aromatic rings. The van der Waals surface area contributed by atoms with Crippen molar-refractivity contribution in [2.45, 2.75) is 6.42 Å². The zero-order valence-electron chi connectivity index (χ0n) is 12.6. The summed E-state index contributed by atoms with van der Waals surface area (Å²) in [7, 11) is 3.54. The van der Waals surface area contributed by atoms with E-state index in [-0.39, 0.29) is 5.91 Å². The zero-order chi connectivity index (χ0) is 15.5. The molecule has 0 aliphatic rings. The van der Waals surface area contributed by atoms with Crippen molar-refractivity contribution in [2.75, 3.05) is 13.7 Å². The monoisotopic (exact) mass is 314 g/mol. The third kappa shape index (κ3) is 2.72. The summed E-state index contributed by atoms with van der Waals surface area (Å²) in [5.74, 6) is 0.725. The molecule has 0 fully saturated rings. The smallest absolute Gasteiger partial charge is 0.267 e. The first-order valence-corrected chi connectivity index (χ1v) is 8.01. The number of methoxy groups -OCH3 is 1. The maximum absolute atomic E-state index is 12.4. The Balaban J connectivity index is 1.77. The van der Waals surface area contributed by atoms with E-state index in [4.69, 9.17) is 4.74 Å². The fourth-order valence-electron chi connectivity index (χ4n) is 2.57. The summed E-state index contributed by atoms with van der Waals surface area (Å²) in [4.78, 5) is 13.7. The van der Waals surface area contributed by atoms with E-state index in [1.165, 1.54) is 4.88 Å². The summed E-state index contributed by atoms with van der Waals surface area (Å²) in [5.41, 5.74) is 1.63. The molecule has 0 bridgehead atoms. The van der Waals surface area contributed by atoms with Gasteiger partial charge in [0.15, 0.2) is 0 Å². The number of benzene rings is 1. The number of fused-ring (bicyclic) bond motifs is 1. The first-order chi connectivity index (χ1) is 10.7. The Morgan fingerprint density at radius 3 is 2.91 bits per heavy atom. The van der Waals surface area contributed by atoms with E-state index in [9.17, 15) is 4.79 Å². The van der Waals surface area contributed by atoms with Crippen molar-refractivity contribution in [1.29, 1.82) is 0 Å². The number of hydrogen-bond acceptors (Lipinski definition) is 3. The molecule has 0 saturated carbocycles. The number of carbonyl (C=O) groups is 1. The van der Waals surface area contributed by atoms with Gasteiger partial charge in [0.2, 0.25) is 0 Å². The number of aromatic nitrogens is 1. The second-order valence-electron chi connectivity index (χ2n) is 5.07. The van der Waals surface area contributed by atoms with Crippen molar-refractivity contribution < 1.29 is 9.53 Å². The molecule has 22 heavy (non-hydrogen) atoms. The summed E-state index contributed by atoms with van der Waals surface area (Å²) >= 11 is 1.71. The first kappa shape index (κ1) is 14.7. The van der Waals surface area contributed by atoms with Crippen LogP contribution in [0.4, 0.5) is 0 Å². The van der Waals surface area contributed by atoms with Crippen LogP contribution in [0.3, 0.4) is 0 Å². The molecule has 2 aromatic heterocycles. The quantitative estimate of drug-likeness (QED) is 0.786. The normalized spacial score (nSPS) is 10.8. The molecular formula is C17H18N2O2S. The third-order valence-electron chi connectivity index (χ3n) is 3.74. The average Bonchev–Trinajstić information content (AvgIpc) is 3.15. The highest BCUT2D eigenvalue weighted by atomic mass is 32.1. The van der Waals surface area contributed by atoms with Crippen LogP contribution in [0.5, 0.6) is 5.75 Å². The fraction of sp³-hybridized carbons (Fsp3) is 0.235. The molecule has 0 unspecified atom stereocenters. The van der Waals surface area contributed by atoms with Crippen LogP contribution in [0.25, 0.3) is 10.9 Å². The minimum Gasteiger partial charge on any atom is -0.496 e. The number of thiophene rings is 1. The van der Waals surface area contributed by atoms with Crippen molar-refractivity contribution in [3.05, 3.63) is 52.3 Å². The van der Waals surface area contributed by atoms with Gasteiger partial charge in [0.05, 0.1) is 12.6 Å². The molecule has 0 aliphatic heterocycles. The van der Waals surface area contributed by atoms with Crippen molar-refractivity contribution >= 4 is 28.1 Å². The predicted molar refractivity (Wildman–Crippen MR) is 89.8 cm³/mol. The van der Waals surface area contributed by atoms with E-state index < -0.39 is 0 Å². The Hall–Kier alpha value is -2.27. The maximum Gasteiger partial charge on any atom is 0.267 e. The van der Waals surface area contributed by atoms with Gasteiger partial charge in [0.1, 0.15) is 11.4 Å². The van der Waals surface area contributed by atoms with Crippen molar-refractivity contribution in [3.8, 4) is 5.75 Å². The van der Waals surface area contributed by atoms with Crippen LogP contribution in [0.2, 0.25) is 0 Å². The van der Waals surface area contributed by atoms with Gasteiger partial charge >= 0.3 is 0 Å². The van der Waals surface area contributed by atoms with Crippen LogP contribution >= 0.6 is 11.3 Å². The van der Waals surface area contributed by atoms with Crippen LogP contribution in [0, 0.1) is 0 Å². The summed E-state index contributed by atoms with van der Waals surface area (Å²) in [6.07, 6.45) is 0.858. The number of hydrogen-bond donors (Lipinski definition) is 1. The highest BCUT2D eigenvalue weighted by molar-refractivity contribution is 7.09. The van der Waals surface area contributed by atoms with Crippen LogP contribution < -0.4 is 10.1 Å². The Morgan fingerprint density at radius 1 is 1.32 bits per heavy atom. The summed E-state index contributed by atoms with van der Waals surface area (Å²) in [6.45, 7) is 0.637. The van der Waals surface area contributed by atoms with Crippen LogP contribution in [0.15, 0.2) is 41.8 Å². The average molecular weight is 314 g/mol. The minimum atomic E-state index is -0.0580.